The summed E-state index contributed by atoms with van der Waals surface area (Å²) in [5.74, 6) is 0.0899. The lowest BCUT2D eigenvalue weighted by Gasteiger charge is -2.14. The molecule has 2 rings (SSSR count). The van der Waals surface area contributed by atoms with E-state index in [1.807, 2.05) is 18.2 Å². The quantitative estimate of drug-likeness (QED) is 0.639. The van der Waals surface area contributed by atoms with Crippen molar-refractivity contribution >= 4 is 12.0 Å². The standard InChI is InChI=1S/C15H20N2O/c1-2-3-10-17-11-5-4-8-14(17)12-13-7-6-9-16-15(13)18/h4-5,8,11-12H,2-3,6-7,9-10H2,1H3/p+1. The zero-order valence-electron chi connectivity index (χ0n) is 11.0. The van der Waals surface area contributed by atoms with Crippen LogP contribution in [0.5, 0.6) is 0 Å². The smallest absolute Gasteiger partial charge is 0.247 e. The van der Waals surface area contributed by atoms with Crippen molar-refractivity contribution in [3.05, 3.63) is 35.7 Å². The monoisotopic (exact) mass is 245 g/mol. The number of hydrogen-bond acceptors (Lipinski definition) is 1. The normalized spacial score (nSPS) is 17.8. The summed E-state index contributed by atoms with van der Waals surface area (Å²) in [5.41, 5.74) is 2.02. The Balaban J connectivity index is 2.21. The van der Waals surface area contributed by atoms with E-state index < -0.39 is 0 Å². The van der Waals surface area contributed by atoms with E-state index in [4.69, 9.17) is 0 Å². The summed E-state index contributed by atoms with van der Waals surface area (Å²) in [6, 6.07) is 6.14. The molecule has 0 aliphatic carbocycles. The van der Waals surface area contributed by atoms with Gasteiger partial charge in [0.1, 0.15) is 6.54 Å². The van der Waals surface area contributed by atoms with Gasteiger partial charge in [0.05, 0.1) is 0 Å². The van der Waals surface area contributed by atoms with E-state index >= 15 is 0 Å². The van der Waals surface area contributed by atoms with Crippen LogP contribution in [0.4, 0.5) is 0 Å². The summed E-state index contributed by atoms with van der Waals surface area (Å²) in [6.07, 6.45) is 8.39. The van der Waals surface area contributed by atoms with Crippen molar-refractivity contribution in [2.75, 3.05) is 6.54 Å². The molecule has 0 bridgehead atoms. The fraction of sp³-hybridized carbons (Fsp3) is 0.467. The molecule has 1 amide bonds. The van der Waals surface area contributed by atoms with Crippen molar-refractivity contribution < 1.29 is 9.36 Å². The largest absolute Gasteiger partial charge is 0.352 e. The van der Waals surface area contributed by atoms with Gasteiger partial charge in [0, 0.05) is 36.7 Å². The molecule has 1 aliphatic rings. The van der Waals surface area contributed by atoms with Crippen molar-refractivity contribution in [2.45, 2.75) is 39.2 Å². The molecule has 18 heavy (non-hydrogen) atoms. The minimum atomic E-state index is 0.0899. The molecule has 1 saturated heterocycles. The van der Waals surface area contributed by atoms with Crippen LogP contribution in [0.3, 0.4) is 0 Å². The van der Waals surface area contributed by atoms with Gasteiger partial charge in [0.25, 0.3) is 0 Å². The zero-order valence-corrected chi connectivity index (χ0v) is 11.0. The highest BCUT2D eigenvalue weighted by atomic mass is 16.1. The summed E-state index contributed by atoms with van der Waals surface area (Å²) in [4.78, 5) is 11.7. The summed E-state index contributed by atoms with van der Waals surface area (Å²) in [7, 11) is 0. The maximum absolute atomic E-state index is 11.7. The third-order valence-electron chi connectivity index (χ3n) is 3.25. The molecule has 3 nitrogen and oxygen atoms in total. The second-order valence-electron chi connectivity index (χ2n) is 4.70. The predicted octanol–water partition coefficient (Wildman–Crippen LogP) is 2.07. The number of nitrogens with zero attached hydrogens (tertiary/aromatic N) is 1. The maximum Gasteiger partial charge on any atom is 0.247 e. The van der Waals surface area contributed by atoms with Crippen LogP contribution in [0.2, 0.25) is 0 Å². The van der Waals surface area contributed by atoms with E-state index in [0.29, 0.717) is 0 Å². The van der Waals surface area contributed by atoms with Crippen LogP contribution in [0.25, 0.3) is 6.08 Å². The molecule has 1 fully saturated rings. The molecule has 2 heterocycles. The highest BCUT2D eigenvalue weighted by Crippen LogP contribution is 2.13. The molecular weight excluding hydrogens is 224 g/mol. The van der Waals surface area contributed by atoms with Crippen LogP contribution in [-0.2, 0) is 11.3 Å². The molecule has 0 aromatic carbocycles. The number of carbonyl (C=O) groups excluding carboxylic acids is 1. The Labute approximate surface area is 109 Å². The lowest BCUT2D eigenvalue weighted by Crippen LogP contribution is -2.37. The van der Waals surface area contributed by atoms with Gasteiger partial charge in [-0.2, -0.15) is 4.57 Å². The number of aryl methyl sites for hydroxylation is 1. The van der Waals surface area contributed by atoms with Crippen molar-refractivity contribution in [1.82, 2.24) is 5.32 Å². The minimum absolute atomic E-state index is 0.0899. The molecule has 1 aromatic rings. The Morgan fingerprint density at radius 1 is 1.44 bits per heavy atom. The number of unbranched alkanes of at least 4 members (excludes halogenated alkanes) is 1. The van der Waals surface area contributed by atoms with E-state index in [1.165, 1.54) is 6.42 Å². The van der Waals surface area contributed by atoms with Crippen LogP contribution in [-0.4, -0.2) is 12.5 Å². The summed E-state index contributed by atoms with van der Waals surface area (Å²) < 4.78 is 2.22. The van der Waals surface area contributed by atoms with Gasteiger partial charge in [-0.1, -0.05) is 13.3 Å². The third kappa shape index (κ3) is 3.19. The first-order valence-electron chi connectivity index (χ1n) is 6.78. The first-order valence-corrected chi connectivity index (χ1v) is 6.78. The Kier molecular flexibility index (Phi) is 4.51. The number of pyridine rings is 1. The number of amides is 1. The summed E-state index contributed by atoms with van der Waals surface area (Å²) in [6.45, 7) is 4.01. The number of aromatic nitrogens is 1. The van der Waals surface area contributed by atoms with Gasteiger partial charge in [-0.15, -0.1) is 0 Å². The Morgan fingerprint density at radius 2 is 2.33 bits per heavy atom. The van der Waals surface area contributed by atoms with Crippen molar-refractivity contribution in [3.8, 4) is 0 Å². The average molecular weight is 245 g/mol. The molecule has 0 radical (unpaired) electrons. The molecule has 0 spiro atoms. The summed E-state index contributed by atoms with van der Waals surface area (Å²) in [5, 5.41) is 2.90. The predicted molar refractivity (Wildman–Crippen MR) is 71.8 cm³/mol. The van der Waals surface area contributed by atoms with E-state index in [2.05, 4.69) is 29.1 Å². The number of hydrogen-bond donors (Lipinski definition) is 1. The van der Waals surface area contributed by atoms with Crippen molar-refractivity contribution in [3.63, 3.8) is 0 Å². The number of nitrogens with one attached hydrogen (secondary N) is 1. The summed E-state index contributed by atoms with van der Waals surface area (Å²) >= 11 is 0. The van der Waals surface area contributed by atoms with Crippen LogP contribution < -0.4 is 9.88 Å². The van der Waals surface area contributed by atoms with Crippen LogP contribution in [0.1, 0.15) is 38.3 Å². The van der Waals surface area contributed by atoms with Gasteiger partial charge >= 0.3 is 0 Å². The fourth-order valence-corrected chi connectivity index (χ4v) is 2.18. The third-order valence-corrected chi connectivity index (χ3v) is 3.25. The maximum atomic E-state index is 11.7. The Morgan fingerprint density at radius 3 is 3.11 bits per heavy atom. The van der Waals surface area contributed by atoms with E-state index in [1.54, 1.807) is 0 Å². The number of rotatable bonds is 4. The molecule has 0 saturated carbocycles. The Hall–Kier alpha value is -1.64. The minimum Gasteiger partial charge on any atom is -0.352 e. The van der Waals surface area contributed by atoms with Crippen LogP contribution in [0.15, 0.2) is 30.0 Å². The SMILES string of the molecule is CCCC[n+]1ccccc1C=C1CCCNC1=O. The number of carbonyl (C=O) groups is 1. The first-order chi connectivity index (χ1) is 8.81. The second-order valence-corrected chi connectivity index (χ2v) is 4.70. The zero-order chi connectivity index (χ0) is 12.8. The fourth-order valence-electron chi connectivity index (χ4n) is 2.18. The molecule has 3 heteroatoms. The highest BCUT2D eigenvalue weighted by Gasteiger charge is 2.16. The highest BCUT2D eigenvalue weighted by molar-refractivity contribution is 5.98. The van der Waals surface area contributed by atoms with E-state index in [-0.39, 0.29) is 5.91 Å². The molecule has 96 valence electrons. The molecule has 1 aliphatic heterocycles. The van der Waals surface area contributed by atoms with Crippen molar-refractivity contribution in [2.24, 2.45) is 0 Å². The van der Waals surface area contributed by atoms with Gasteiger partial charge in [-0.25, -0.2) is 0 Å². The van der Waals surface area contributed by atoms with Gasteiger partial charge < -0.3 is 5.32 Å². The van der Waals surface area contributed by atoms with E-state index in [0.717, 1.165) is 43.6 Å². The van der Waals surface area contributed by atoms with Crippen LogP contribution >= 0.6 is 0 Å². The molecular formula is C15H21N2O+. The van der Waals surface area contributed by atoms with Crippen LogP contribution in [0, 0.1) is 0 Å². The average Bonchev–Trinajstić information content (AvgIpc) is 2.40. The van der Waals surface area contributed by atoms with Gasteiger partial charge in [-0.05, 0) is 18.9 Å². The second kappa shape index (κ2) is 6.34. The lowest BCUT2D eigenvalue weighted by molar-refractivity contribution is -0.699. The topological polar surface area (TPSA) is 33.0 Å². The Bertz CT molecular complexity index is 452. The van der Waals surface area contributed by atoms with Gasteiger partial charge in [-0.3, -0.25) is 4.79 Å². The lowest BCUT2D eigenvalue weighted by atomic mass is 10.0. The van der Waals surface area contributed by atoms with E-state index in [9.17, 15) is 4.79 Å². The van der Waals surface area contributed by atoms with Gasteiger partial charge in [0.15, 0.2) is 6.20 Å². The van der Waals surface area contributed by atoms with Gasteiger partial charge in [0.2, 0.25) is 11.6 Å². The molecule has 1 aromatic heterocycles. The first kappa shape index (κ1) is 12.8. The number of piperidine rings is 1. The van der Waals surface area contributed by atoms with Crippen molar-refractivity contribution in [1.29, 1.82) is 0 Å². The molecule has 1 N–H and O–H groups in total. The molecule has 0 atom stereocenters. The molecule has 0 unspecified atom stereocenters.